The smallest absolute Gasteiger partial charge is 0.306 e. The van der Waals surface area contributed by atoms with Crippen LogP contribution in [-0.2, 0) is 23.0 Å². The van der Waals surface area contributed by atoms with Crippen LogP contribution >= 0.6 is 0 Å². The monoisotopic (exact) mass is 404 g/mol. The van der Waals surface area contributed by atoms with Gasteiger partial charge in [0.1, 0.15) is 5.82 Å². The fourth-order valence-electron chi connectivity index (χ4n) is 3.31. The molecule has 0 aliphatic heterocycles. The van der Waals surface area contributed by atoms with E-state index in [0.29, 0.717) is 27.6 Å². The number of aryl methyl sites for hydroxylation is 1. The Kier molecular flexibility index (Phi) is 5.14. The highest BCUT2D eigenvalue weighted by Crippen LogP contribution is 2.16. The van der Waals surface area contributed by atoms with Gasteiger partial charge in [-0.25, -0.2) is 9.97 Å². The maximum Gasteiger partial charge on any atom is 0.306 e. The molecule has 0 aliphatic carbocycles. The molecule has 1 unspecified atom stereocenters. The highest BCUT2D eigenvalue weighted by molar-refractivity contribution is 5.78. The van der Waals surface area contributed by atoms with E-state index in [-0.39, 0.29) is 29.8 Å². The number of nitrogens with one attached hydrogen (secondary N) is 1. The third kappa shape index (κ3) is 3.71. The molecule has 0 spiro atoms. The molecule has 30 heavy (non-hydrogen) atoms. The number of esters is 1. The predicted molar refractivity (Wildman–Crippen MR) is 112 cm³/mol. The Morgan fingerprint density at radius 2 is 1.67 bits per heavy atom. The molecule has 8 nitrogen and oxygen atoms in total. The number of aromatic nitrogens is 4. The molecule has 1 atom stereocenters. The first-order valence-corrected chi connectivity index (χ1v) is 9.57. The quantitative estimate of drug-likeness (QED) is 0.512. The summed E-state index contributed by atoms with van der Waals surface area (Å²) < 4.78 is 6.88. The molecule has 0 fully saturated rings. The van der Waals surface area contributed by atoms with Gasteiger partial charge in [0, 0.05) is 13.5 Å². The second-order valence-electron chi connectivity index (χ2n) is 7.01. The number of hydrogen-bond donors (Lipinski definition) is 1. The Hall–Kier alpha value is -3.81. The summed E-state index contributed by atoms with van der Waals surface area (Å²) in [5.41, 5.74) is 0.689. The lowest BCUT2D eigenvalue weighted by atomic mass is 10.2. The van der Waals surface area contributed by atoms with Crippen LogP contribution in [0.3, 0.4) is 0 Å². The zero-order valence-corrected chi connectivity index (χ0v) is 16.6. The Balaban J connectivity index is 1.48. The summed E-state index contributed by atoms with van der Waals surface area (Å²) in [5.74, 6) is 0.310. The summed E-state index contributed by atoms with van der Waals surface area (Å²) in [5, 5.41) is 1.01. The van der Waals surface area contributed by atoms with Crippen LogP contribution in [0.1, 0.15) is 31.1 Å². The van der Waals surface area contributed by atoms with Crippen molar-refractivity contribution < 1.29 is 9.53 Å². The minimum Gasteiger partial charge on any atom is -0.454 e. The van der Waals surface area contributed by atoms with Crippen molar-refractivity contribution >= 4 is 27.8 Å². The van der Waals surface area contributed by atoms with Gasteiger partial charge in [0.15, 0.2) is 11.9 Å². The number of carbonyl (C=O) groups is 1. The van der Waals surface area contributed by atoms with Gasteiger partial charge in [0.2, 0.25) is 0 Å². The SMILES string of the molecule is CC(OC(=O)CCc1nc2ccccc2c(=O)n1C)c1nc2ccccc2c(=O)[nH]1. The van der Waals surface area contributed by atoms with E-state index in [1.54, 1.807) is 56.4 Å². The molecule has 152 valence electrons. The maximum atomic E-state index is 12.5. The Morgan fingerprint density at radius 1 is 1.03 bits per heavy atom. The van der Waals surface area contributed by atoms with Gasteiger partial charge in [-0.3, -0.25) is 19.0 Å². The number of aromatic amines is 1. The average molecular weight is 404 g/mol. The third-order valence-corrected chi connectivity index (χ3v) is 4.95. The van der Waals surface area contributed by atoms with Crippen molar-refractivity contribution in [2.45, 2.75) is 25.9 Å². The van der Waals surface area contributed by atoms with Gasteiger partial charge in [-0.2, -0.15) is 0 Å². The van der Waals surface area contributed by atoms with Gasteiger partial charge in [0.05, 0.1) is 28.2 Å². The van der Waals surface area contributed by atoms with E-state index in [1.165, 1.54) is 4.57 Å². The number of H-pyrrole nitrogens is 1. The average Bonchev–Trinajstić information content (AvgIpc) is 2.75. The van der Waals surface area contributed by atoms with Crippen LogP contribution in [0.4, 0.5) is 0 Å². The molecular weight excluding hydrogens is 384 g/mol. The van der Waals surface area contributed by atoms with Crippen LogP contribution in [0.5, 0.6) is 0 Å². The molecule has 2 aromatic heterocycles. The van der Waals surface area contributed by atoms with Crippen LogP contribution < -0.4 is 11.1 Å². The van der Waals surface area contributed by atoms with Crippen molar-refractivity contribution in [3.8, 4) is 0 Å². The van der Waals surface area contributed by atoms with Gasteiger partial charge in [0.25, 0.3) is 11.1 Å². The lowest BCUT2D eigenvalue weighted by Gasteiger charge is -2.13. The molecule has 0 saturated heterocycles. The second kappa shape index (κ2) is 7.90. The second-order valence-corrected chi connectivity index (χ2v) is 7.01. The maximum absolute atomic E-state index is 12.5. The predicted octanol–water partition coefficient (Wildman–Crippen LogP) is 2.41. The normalized spacial score (nSPS) is 12.2. The van der Waals surface area contributed by atoms with Crippen LogP contribution in [0, 0.1) is 0 Å². The summed E-state index contributed by atoms with van der Waals surface area (Å²) in [6.45, 7) is 1.65. The molecule has 4 rings (SSSR count). The lowest BCUT2D eigenvalue weighted by molar-refractivity contribution is -0.149. The summed E-state index contributed by atoms with van der Waals surface area (Å²) in [6, 6.07) is 14.1. The van der Waals surface area contributed by atoms with Gasteiger partial charge in [-0.05, 0) is 31.2 Å². The number of ether oxygens (including phenoxy) is 1. The summed E-state index contributed by atoms with van der Waals surface area (Å²) >= 11 is 0. The highest BCUT2D eigenvalue weighted by atomic mass is 16.5. The van der Waals surface area contributed by atoms with E-state index in [2.05, 4.69) is 15.0 Å². The Labute approximate surface area is 171 Å². The van der Waals surface area contributed by atoms with E-state index in [4.69, 9.17) is 4.74 Å². The molecule has 4 aromatic rings. The molecule has 0 bridgehead atoms. The number of para-hydroxylation sites is 2. The standard InChI is InChI=1S/C22H20N4O4/c1-13(20-24-16-9-5-3-7-14(16)21(28)25-20)30-19(27)12-11-18-23-17-10-6-4-8-15(17)22(29)26(18)2/h3-10,13H,11-12H2,1-2H3,(H,24,25,28). The van der Waals surface area contributed by atoms with Crippen molar-refractivity contribution in [3.63, 3.8) is 0 Å². The van der Waals surface area contributed by atoms with Crippen LogP contribution in [0.2, 0.25) is 0 Å². The number of rotatable bonds is 5. The van der Waals surface area contributed by atoms with Crippen molar-refractivity contribution in [2.24, 2.45) is 7.05 Å². The van der Waals surface area contributed by atoms with E-state index in [9.17, 15) is 14.4 Å². The zero-order chi connectivity index (χ0) is 21.3. The first-order valence-electron chi connectivity index (χ1n) is 9.57. The minimum absolute atomic E-state index is 0.0424. The summed E-state index contributed by atoms with van der Waals surface area (Å²) in [6.07, 6.45) is -0.423. The molecule has 1 N–H and O–H groups in total. The van der Waals surface area contributed by atoms with Crippen molar-refractivity contribution in [1.82, 2.24) is 19.5 Å². The number of benzene rings is 2. The number of fused-ring (bicyclic) bond motifs is 2. The fourth-order valence-corrected chi connectivity index (χ4v) is 3.31. The minimum atomic E-state index is -0.719. The van der Waals surface area contributed by atoms with Crippen LogP contribution in [0.15, 0.2) is 58.1 Å². The van der Waals surface area contributed by atoms with Crippen LogP contribution in [0.25, 0.3) is 21.8 Å². The molecule has 8 heteroatoms. The molecule has 2 aromatic carbocycles. The molecular formula is C22H20N4O4. The van der Waals surface area contributed by atoms with Crippen LogP contribution in [-0.4, -0.2) is 25.5 Å². The molecule has 0 aliphatic rings. The van der Waals surface area contributed by atoms with Gasteiger partial charge >= 0.3 is 5.97 Å². The van der Waals surface area contributed by atoms with Crippen molar-refractivity contribution in [1.29, 1.82) is 0 Å². The highest BCUT2D eigenvalue weighted by Gasteiger charge is 2.17. The summed E-state index contributed by atoms with van der Waals surface area (Å²) in [7, 11) is 1.63. The van der Waals surface area contributed by atoms with E-state index in [1.807, 2.05) is 6.07 Å². The zero-order valence-electron chi connectivity index (χ0n) is 16.6. The number of carbonyl (C=O) groups excluding carboxylic acids is 1. The van der Waals surface area contributed by atoms with Gasteiger partial charge in [-0.15, -0.1) is 0 Å². The summed E-state index contributed by atoms with van der Waals surface area (Å²) in [4.78, 5) is 48.5. The Morgan fingerprint density at radius 3 is 2.40 bits per heavy atom. The topological polar surface area (TPSA) is 107 Å². The molecule has 0 amide bonds. The first kappa shape index (κ1) is 19.5. The largest absolute Gasteiger partial charge is 0.454 e. The molecule has 0 saturated carbocycles. The Bertz CT molecular complexity index is 1370. The van der Waals surface area contributed by atoms with Gasteiger partial charge < -0.3 is 9.72 Å². The number of nitrogens with zero attached hydrogens (tertiary/aromatic N) is 3. The van der Waals surface area contributed by atoms with Gasteiger partial charge in [-0.1, -0.05) is 24.3 Å². The first-order chi connectivity index (χ1) is 14.4. The molecule has 2 heterocycles. The van der Waals surface area contributed by atoms with E-state index >= 15 is 0 Å². The third-order valence-electron chi connectivity index (χ3n) is 4.95. The van der Waals surface area contributed by atoms with E-state index < -0.39 is 12.1 Å². The fraction of sp³-hybridized carbons (Fsp3) is 0.227. The lowest BCUT2D eigenvalue weighted by Crippen LogP contribution is -2.23. The molecule has 0 radical (unpaired) electrons. The van der Waals surface area contributed by atoms with E-state index in [0.717, 1.165) is 0 Å². The van der Waals surface area contributed by atoms with Crippen molar-refractivity contribution in [2.75, 3.05) is 0 Å². The van der Waals surface area contributed by atoms with Crippen molar-refractivity contribution in [3.05, 3.63) is 80.9 Å². The number of hydrogen-bond acceptors (Lipinski definition) is 6.